The molecule has 1 fully saturated rings. The average molecular weight is 251 g/mol. The molecule has 1 aromatic heterocycles. The third-order valence-corrected chi connectivity index (χ3v) is 4.95. The second kappa shape index (κ2) is 7.17. The molecule has 0 saturated heterocycles. The van der Waals surface area contributed by atoms with Crippen LogP contribution in [0.4, 0.5) is 0 Å². The Morgan fingerprint density at radius 3 is 2.82 bits per heavy atom. The summed E-state index contributed by atoms with van der Waals surface area (Å²) >= 11 is 1.88. The van der Waals surface area contributed by atoms with E-state index in [0.29, 0.717) is 6.04 Å². The van der Waals surface area contributed by atoms with Crippen molar-refractivity contribution >= 4 is 11.3 Å². The van der Waals surface area contributed by atoms with Crippen molar-refractivity contribution in [3.05, 3.63) is 22.4 Å². The molecule has 1 atom stereocenters. The van der Waals surface area contributed by atoms with Crippen LogP contribution in [0.5, 0.6) is 0 Å². The van der Waals surface area contributed by atoms with E-state index in [2.05, 4.69) is 29.8 Å². The predicted octanol–water partition coefficient (Wildman–Crippen LogP) is 4.76. The van der Waals surface area contributed by atoms with Crippen LogP contribution in [0, 0.1) is 5.92 Å². The second-order valence-electron chi connectivity index (χ2n) is 5.22. The van der Waals surface area contributed by atoms with E-state index >= 15 is 0 Å². The molecule has 0 spiro atoms. The van der Waals surface area contributed by atoms with Gasteiger partial charge in [0, 0.05) is 10.9 Å². The first-order valence-electron chi connectivity index (χ1n) is 7.17. The van der Waals surface area contributed by atoms with Crippen molar-refractivity contribution in [2.45, 2.75) is 57.9 Å². The Hall–Kier alpha value is -0.340. The summed E-state index contributed by atoms with van der Waals surface area (Å²) in [5, 5.41) is 5.91. The summed E-state index contributed by atoms with van der Waals surface area (Å²) in [5.41, 5.74) is 0. The summed E-state index contributed by atoms with van der Waals surface area (Å²) in [6.07, 6.45) is 9.91. The zero-order chi connectivity index (χ0) is 11.9. The van der Waals surface area contributed by atoms with Crippen LogP contribution in [0.2, 0.25) is 0 Å². The fourth-order valence-corrected chi connectivity index (χ4v) is 3.76. The number of hydrogen-bond donors (Lipinski definition) is 1. The van der Waals surface area contributed by atoms with Gasteiger partial charge >= 0.3 is 0 Å². The lowest BCUT2D eigenvalue weighted by atomic mass is 9.87. The lowest BCUT2D eigenvalue weighted by molar-refractivity contribution is 0.327. The highest BCUT2D eigenvalue weighted by atomic mass is 32.1. The van der Waals surface area contributed by atoms with Crippen molar-refractivity contribution in [1.29, 1.82) is 0 Å². The molecule has 0 bridgehead atoms. The molecule has 1 aliphatic carbocycles. The van der Waals surface area contributed by atoms with E-state index in [0.717, 1.165) is 5.92 Å². The Morgan fingerprint density at radius 2 is 2.18 bits per heavy atom. The zero-order valence-electron chi connectivity index (χ0n) is 11.0. The van der Waals surface area contributed by atoms with Crippen LogP contribution >= 0.6 is 11.3 Å². The van der Waals surface area contributed by atoms with Gasteiger partial charge in [-0.1, -0.05) is 45.1 Å². The van der Waals surface area contributed by atoms with E-state index in [1.807, 2.05) is 11.3 Å². The Morgan fingerprint density at radius 1 is 1.35 bits per heavy atom. The van der Waals surface area contributed by atoms with E-state index in [1.54, 1.807) is 0 Å². The Labute approximate surface area is 110 Å². The molecule has 0 aromatic carbocycles. The van der Waals surface area contributed by atoms with Gasteiger partial charge in [0.25, 0.3) is 0 Å². The summed E-state index contributed by atoms with van der Waals surface area (Å²) < 4.78 is 0. The summed E-state index contributed by atoms with van der Waals surface area (Å²) in [5.74, 6) is 0.997. The summed E-state index contributed by atoms with van der Waals surface area (Å²) in [6, 6.07) is 5.00. The molecule has 1 aliphatic rings. The number of rotatable bonds is 6. The first-order valence-corrected chi connectivity index (χ1v) is 8.05. The maximum Gasteiger partial charge on any atom is 0.0412 e. The Kier molecular flexibility index (Phi) is 5.53. The van der Waals surface area contributed by atoms with Crippen molar-refractivity contribution in [2.75, 3.05) is 6.54 Å². The topological polar surface area (TPSA) is 12.0 Å². The molecule has 96 valence electrons. The fourth-order valence-electron chi connectivity index (χ4n) is 2.87. The normalized spacial score (nSPS) is 19.4. The van der Waals surface area contributed by atoms with Crippen molar-refractivity contribution in [3.8, 4) is 0 Å². The van der Waals surface area contributed by atoms with Gasteiger partial charge < -0.3 is 5.32 Å². The summed E-state index contributed by atoms with van der Waals surface area (Å²) in [6.45, 7) is 3.47. The van der Waals surface area contributed by atoms with Gasteiger partial charge in [-0.15, -0.1) is 11.3 Å². The molecule has 0 radical (unpaired) electrons. The van der Waals surface area contributed by atoms with Crippen LogP contribution in [0.1, 0.15) is 62.8 Å². The molecule has 1 heterocycles. The summed E-state index contributed by atoms with van der Waals surface area (Å²) in [7, 11) is 0. The van der Waals surface area contributed by atoms with Gasteiger partial charge in [-0.25, -0.2) is 0 Å². The number of nitrogens with one attached hydrogen (secondary N) is 1. The Bertz CT molecular complexity index is 288. The van der Waals surface area contributed by atoms with Gasteiger partial charge in [0.05, 0.1) is 0 Å². The minimum absolute atomic E-state index is 0.582. The van der Waals surface area contributed by atoms with Crippen molar-refractivity contribution in [3.63, 3.8) is 0 Å². The van der Waals surface area contributed by atoms with Crippen LogP contribution in [-0.4, -0.2) is 6.54 Å². The van der Waals surface area contributed by atoms with E-state index in [4.69, 9.17) is 0 Å². The zero-order valence-corrected chi connectivity index (χ0v) is 11.8. The lowest BCUT2D eigenvalue weighted by Gasteiger charge is -2.23. The van der Waals surface area contributed by atoms with Gasteiger partial charge in [-0.3, -0.25) is 0 Å². The maximum atomic E-state index is 3.73. The van der Waals surface area contributed by atoms with Gasteiger partial charge in [0.2, 0.25) is 0 Å². The average Bonchev–Trinajstić information content (AvgIpc) is 2.90. The smallest absolute Gasteiger partial charge is 0.0412 e. The predicted molar refractivity (Wildman–Crippen MR) is 76.5 cm³/mol. The number of hydrogen-bond acceptors (Lipinski definition) is 2. The molecule has 2 rings (SSSR count). The molecule has 1 aromatic rings. The first-order chi connectivity index (χ1) is 8.40. The van der Waals surface area contributed by atoms with Crippen molar-refractivity contribution < 1.29 is 0 Å². The minimum atomic E-state index is 0.582. The quantitative estimate of drug-likeness (QED) is 0.768. The van der Waals surface area contributed by atoms with E-state index in [9.17, 15) is 0 Å². The van der Waals surface area contributed by atoms with Crippen LogP contribution in [0.15, 0.2) is 17.5 Å². The highest BCUT2D eigenvalue weighted by Gasteiger charge is 2.14. The Balaban J connectivity index is 1.69. The van der Waals surface area contributed by atoms with Crippen LogP contribution in [0.25, 0.3) is 0 Å². The highest BCUT2D eigenvalue weighted by molar-refractivity contribution is 7.10. The van der Waals surface area contributed by atoms with Crippen molar-refractivity contribution in [2.24, 2.45) is 5.92 Å². The van der Waals surface area contributed by atoms with Crippen molar-refractivity contribution in [1.82, 2.24) is 5.32 Å². The van der Waals surface area contributed by atoms with E-state index in [1.165, 1.54) is 56.4 Å². The third-order valence-electron chi connectivity index (χ3n) is 3.96. The maximum absolute atomic E-state index is 3.73. The van der Waals surface area contributed by atoms with Crippen LogP contribution in [0.3, 0.4) is 0 Å². The fraction of sp³-hybridized carbons (Fsp3) is 0.733. The van der Waals surface area contributed by atoms with Gasteiger partial charge in [-0.05, 0) is 36.8 Å². The molecule has 1 N–H and O–H groups in total. The van der Waals surface area contributed by atoms with E-state index < -0.39 is 0 Å². The molecule has 0 aliphatic heterocycles. The molecular weight excluding hydrogens is 226 g/mol. The molecule has 1 unspecified atom stereocenters. The van der Waals surface area contributed by atoms with Gasteiger partial charge in [0.1, 0.15) is 0 Å². The number of thiophene rings is 1. The van der Waals surface area contributed by atoms with E-state index in [-0.39, 0.29) is 0 Å². The van der Waals surface area contributed by atoms with Crippen LogP contribution in [-0.2, 0) is 0 Å². The minimum Gasteiger partial charge on any atom is -0.309 e. The van der Waals surface area contributed by atoms with Gasteiger partial charge in [-0.2, -0.15) is 0 Å². The standard InChI is InChI=1S/C15H25NS/c1-2-14(15-9-6-12-17-15)16-11-10-13-7-4-3-5-8-13/h6,9,12-14,16H,2-5,7-8,10-11H2,1H3. The second-order valence-corrected chi connectivity index (χ2v) is 6.20. The lowest BCUT2D eigenvalue weighted by Crippen LogP contribution is -2.23. The third kappa shape index (κ3) is 4.11. The molecule has 1 saturated carbocycles. The van der Waals surface area contributed by atoms with Crippen LogP contribution < -0.4 is 5.32 Å². The molecule has 0 amide bonds. The molecule has 17 heavy (non-hydrogen) atoms. The first kappa shape index (κ1) is 13.1. The molecule has 2 heteroatoms. The molecular formula is C15H25NS. The summed E-state index contributed by atoms with van der Waals surface area (Å²) in [4.78, 5) is 1.50. The largest absolute Gasteiger partial charge is 0.309 e. The molecule has 1 nitrogen and oxygen atoms in total. The SMILES string of the molecule is CCC(NCCC1CCCCC1)c1cccs1. The van der Waals surface area contributed by atoms with Gasteiger partial charge in [0.15, 0.2) is 0 Å². The highest BCUT2D eigenvalue weighted by Crippen LogP contribution is 2.26. The monoisotopic (exact) mass is 251 g/mol.